The number of aryl methyl sites for hydroxylation is 1. The summed E-state index contributed by atoms with van der Waals surface area (Å²) in [6.45, 7) is 2.24. The van der Waals surface area contributed by atoms with Gasteiger partial charge in [0.1, 0.15) is 0 Å². The van der Waals surface area contributed by atoms with E-state index in [1.165, 1.54) is 17.7 Å². The topological polar surface area (TPSA) is 47.2 Å². The molecule has 0 amide bonds. The van der Waals surface area contributed by atoms with Crippen LogP contribution in [0, 0.1) is 0 Å². The van der Waals surface area contributed by atoms with Crippen LogP contribution >= 0.6 is 0 Å². The minimum absolute atomic E-state index is 0.303. The van der Waals surface area contributed by atoms with E-state index in [1.54, 1.807) is 19.1 Å². The van der Waals surface area contributed by atoms with Gasteiger partial charge in [-0.1, -0.05) is 6.07 Å². The predicted octanol–water partition coefficient (Wildman–Crippen LogP) is 2.83. The van der Waals surface area contributed by atoms with Gasteiger partial charge < -0.3 is 9.73 Å². The van der Waals surface area contributed by atoms with Crippen LogP contribution in [-0.4, -0.2) is 17.8 Å². The quantitative estimate of drug-likeness (QED) is 0.941. The molecule has 1 aromatic heterocycles. The molecule has 20 heavy (non-hydrogen) atoms. The largest absolute Gasteiger partial charge is 0.419 e. The number of halogens is 3. The summed E-state index contributed by atoms with van der Waals surface area (Å²) >= 11 is 0. The number of fused-ring (bicyclic) bond motifs is 1. The van der Waals surface area contributed by atoms with Crippen LogP contribution < -0.4 is 11.1 Å². The lowest BCUT2D eigenvalue weighted by atomic mass is 10.0. The lowest BCUT2D eigenvalue weighted by molar-refractivity contribution is -0.140. The number of hydrogen-bond acceptors (Lipinski definition) is 3. The summed E-state index contributed by atoms with van der Waals surface area (Å²) in [5.41, 5.74) is 1.33. The molecule has 0 fully saturated rings. The zero-order chi connectivity index (χ0) is 14.9. The van der Waals surface area contributed by atoms with Crippen molar-refractivity contribution in [1.82, 2.24) is 9.88 Å². The smallest absolute Gasteiger partial charge is 0.408 e. The Labute approximate surface area is 113 Å². The molecule has 110 valence electrons. The van der Waals surface area contributed by atoms with Crippen molar-refractivity contribution < 1.29 is 17.6 Å². The first-order valence-electron chi connectivity index (χ1n) is 6.23. The molecule has 0 bridgehead atoms. The van der Waals surface area contributed by atoms with Gasteiger partial charge in [-0.2, -0.15) is 13.2 Å². The Morgan fingerprint density at radius 2 is 2.10 bits per heavy atom. The van der Waals surface area contributed by atoms with Crippen LogP contribution in [0.25, 0.3) is 11.1 Å². The fraction of sp³-hybridized carbons (Fsp3) is 0.462. The Kier molecular flexibility index (Phi) is 3.89. The molecule has 0 saturated carbocycles. The van der Waals surface area contributed by atoms with Gasteiger partial charge in [-0.25, -0.2) is 4.79 Å². The van der Waals surface area contributed by atoms with E-state index >= 15 is 0 Å². The molecule has 4 nitrogen and oxygen atoms in total. The Bertz CT molecular complexity index is 658. The molecule has 2 aromatic rings. The van der Waals surface area contributed by atoms with Gasteiger partial charge in [0, 0.05) is 12.6 Å². The summed E-state index contributed by atoms with van der Waals surface area (Å²) in [5.74, 6) is -0.503. The molecule has 0 saturated heterocycles. The van der Waals surface area contributed by atoms with Crippen molar-refractivity contribution in [3.05, 3.63) is 34.3 Å². The molecule has 7 heteroatoms. The molecule has 1 atom stereocenters. The van der Waals surface area contributed by atoms with Gasteiger partial charge in [-0.15, -0.1) is 0 Å². The van der Waals surface area contributed by atoms with Gasteiger partial charge >= 0.3 is 11.9 Å². The van der Waals surface area contributed by atoms with Crippen LogP contribution in [0.4, 0.5) is 13.2 Å². The van der Waals surface area contributed by atoms with Crippen molar-refractivity contribution in [1.29, 1.82) is 0 Å². The molecular weight excluding hydrogens is 273 g/mol. The molecule has 0 aliphatic heterocycles. The lowest BCUT2D eigenvalue weighted by Crippen LogP contribution is -2.23. The van der Waals surface area contributed by atoms with Crippen molar-refractivity contribution in [2.45, 2.75) is 32.1 Å². The zero-order valence-electron chi connectivity index (χ0n) is 11.1. The van der Waals surface area contributed by atoms with E-state index in [-0.39, 0.29) is 0 Å². The normalized spacial score (nSPS) is 13.8. The van der Waals surface area contributed by atoms with E-state index in [1.807, 2.05) is 0 Å². The molecule has 1 unspecified atom stereocenters. The number of aromatic nitrogens is 1. The Balaban J connectivity index is 2.43. The average molecular weight is 288 g/mol. The number of nitrogens with zero attached hydrogens (tertiary/aromatic N) is 1. The van der Waals surface area contributed by atoms with E-state index in [0.29, 0.717) is 23.2 Å². The zero-order valence-corrected chi connectivity index (χ0v) is 11.1. The second kappa shape index (κ2) is 5.32. The van der Waals surface area contributed by atoms with Gasteiger partial charge in [0.25, 0.3) is 0 Å². The highest BCUT2D eigenvalue weighted by molar-refractivity contribution is 5.73. The molecule has 0 spiro atoms. The summed E-state index contributed by atoms with van der Waals surface area (Å²) < 4.78 is 44.0. The molecule has 1 heterocycles. The van der Waals surface area contributed by atoms with Crippen molar-refractivity contribution in [2.24, 2.45) is 0 Å². The maximum atomic E-state index is 12.5. The number of alkyl halides is 3. The Morgan fingerprint density at radius 3 is 2.65 bits per heavy atom. The van der Waals surface area contributed by atoms with Gasteiger partial charge in [-0.3, -0.25) is 4.57 Å². The van der Waals surface area contributed by atoms with Gasteiger partial charge in [0.2, 0.25) is 0 Å². The summed E-state index contributed by atoms with van der Waals surface area (Å²) in [5, 5.41) is 2.63. The summed E-state index contributed by atoms with van der Waals surface area (Å²) in [4.78, 5) is 11.5. The van der Waals surface area contributed by atoms with Crippen molar-refractivity contribution in [3.63, 3.8) is 0 Å². The van der Waals surface area contributed by atoms with Crippen molar-refractivity contribution >= 4 is 11.1 Å². The van der Waals surface area contributed by atoms with Crippen molar-refractivity contribution in [2.75, 3.05) is 7.05 Å². The molecule has 1 aromatic carbocycles. The van der Waals surface area contributed by atoms with Gasteiger partial charge in [0.15, 0.2) is 5.58 Å². The fourth-order valence-corrected chi connectivity index (χ4v) is 2.22. The highest BCUT2D eigenvalue weighted by Gasteiger charge is 2.32. The van der Waals surface area contributed by atoms with E-state index in [0.717, 1.165) is 0 Å². The number of hydrogen-bond donors (Lipinski definition) is 1. The fourth-order valence-electron chi connectivity index (χ4n) is 2.22. The summed E-state index contributed by atoms with van der Waals surface area (Å²) in [6.07, 6.45) is -5.24. The second-order valence-electron chi connectivity index (χ2n) is 4.50. The van der Waals surface area contributed by atoms with Crippen molar-refractivity contribution in [3.8, 4) is 0 Å². The standard InChI is InChI=1S/C13H15F3N2O2/c1-3-18-10-5-4-8(6-11(10)20-12(18)19)9(17-2)7-13(14,15)16/h4-6,9,17H,3,7H2,1-2H3. The first kappa shape index (κ1) is 14.6. The minimum Gasteiger partial charge on any atom is -0.408 e. The van der Waals surface area contributed by atoms with Crippen LogP contribution in [-0.2, 0) is 6.54 Å². The summed E-state index contributed by atoms with van der Waals surface area (Å²) in [6, 6.07) is 3.81. The van der Waals surface area contributed by atoms with E-state index in [9.17, 15) is 18.0 Å². The molecular formula is C13H15F3N2O2. The highest BCUT2D eigenvalue weighted by Crippen LogP contribution is 2.30. The lowest BCUT2D eigenvalue weighted by Gasteiger charge is -2.18. The third kappa shape index (κ3) is 2.87. The first-order chi connectivity index (χ1) is 9.35. The van der Waals surface area contributed by atoms with Gasteiger partial charge in [-0.05, 0) is 31.7 Å². The average Bonchev–Trinajstić information content (AvgIpc) is 2.69. The molecule has 0 aliphatic carbocycles. The maximum absolute atomic E-state index is 12.5. The maximum Gasteiger partial charge on any atom is 0.419 e. The van der Waals surface area contributed by atoms with Crippen LogP contribution in [0.15, 0.2) is 27.4 Å². The minimum atomic E-state index is -4.27. The monoisotopic (exact) mass is 288 g/mol. The first-order valence-corrected chi connectivity index (χ1v) is 6.23. The Hall–Kier alpha value is -1.76. The Morgan fingerprint density at radius 1 is 1.40 bits per heavy atom. The highest BCUT2D eigenvalue weighted by atomic mass is 19.4. The molecule has 0 radical (unpaired) electrons. The van der Waals surface area contributed by atoms with E-state index in [4.69, 9.17) is 4.42 Å². The molecule has 1 N–H and O–H groups in total. The predicted molar refractivity (Wildman–Crippen MR) is 68.6 cm³/mol. The van der Waals surface area contributed by atoms with Crippen LogP contribution in [0.1, 0.15) is 24.9 Å². The molecule has 0 aliphatic rings. The van der Waals surface area contributed by atoms with Crippen LogP contribution in [0.3, 0.4) is 0 Å². The van der Waals surface area contributed by atoms with Crippen LogP contribution in [0.2, 0.25) is 0 Å². The number of nitrogens with one attached hydrogen (secondary N) is 1. The molecule has 2 rings (SSSR count). The van der Waals surface area contributed by atoms with Gasteiger partial charge in [0.05, 0.1) is 11.9 Å². The van der Waals surface area contributed by atoms with E-state index < -0.39 is 24.4 Å². The van der Waals surface area contributed by atoms with E-state index in [2.05, 4.69) is 5.32 Å². The second-order valence-corrected chi connectivity index (χ2v) is 4.50. The number of benzene rings is 1. The summed E-state index contributed by atoms with van der Waals surface area (Å²) in [7, 11) is 1.47. The third-order valence-corrected chi connectivity index (χ3v) is 3.19. The number of oxazole rings is 1. The SMILES string of the molecule is CCn1c(=O)oc2cc(C(CC(F)(F)F)NC)ccc21. The van der Waals surface area contributed by atoms with Crippen LogP contribution in [0.5, 0.6) is 0 Å². The third-order valence-electron chi connectivity index (χ3n) is 3.19. The number of rotatable bonds is 4.